The number of carbonyl (C=O) groups excluding carboxylic acids is 2. The van der Waals surface area contributed by atoms with E-state index in [2.05, 4.69) is 0 Å². The fourth-order valence-electron chi connectivity index (χ4n) is 6.08. The van der Waals surface area contributed by atoms with Gasteiger partial charge in [0.25, 0.3) is 0 Å². The molecule has 1 heterocycles. The summed E-state index contributed by atoms with van der Waals surface area (Å²) in [6.45, 7) is 0. The number of methoxy groups -OCH3 is 2. The van der Waals surface area contributed by atoms with Gasteiger partial charge in [-0.1, -0.05) is 84.9 Å². The summed E-state index contributed by atoms with van der Waals surface area (Å²) >= 11 is 0. The maximum Gasteiger partial charge on any atom is 0.238 e. The number of aromatic nitrogens is 1. The van der Waals surface area contributed by atoms with Gasteiger partial charge in [-0.15, -0.1) is 0 Å². The minimum Gasteiger partial charge on any atom is -0.505 e. The van der Waals surface area contributed by atoms with E-state index in [4.69, 9.17) is 9.47 Å². The topological polar surface area (TPSA) is 77.8 Å². The molecule has 0 radical (unpaired) electrons. The number of rotatable bonds is 7. The van der Waals surface area contributed by atoms with Gasteiger partial charge >= 0.3 is 0 Å². The largest absolute Gasteiger partial charge is 0.505 e. The molecule has 0 atom stereocenters. The van der Waals surface area contributed by atoms with Crippen LogP contribution in [0, 0.1) is 0 Å². The summed E-state index contributed by atoms with van der Waals surface area (Å²) in [7, 11) is 3.05. The minimum atomic E-state index is -0.768. The van der Waals surface area contributed by atoms with Crippen LogP contribution in [-0.2, 0) is 0 Å². The highest BCUT2D eigenvalue weighted by Crippen LogP contribution is 2.47. The fourth-order valence-corrected chi connectivity index (χ4v) is 6.08. The van der Waals surface area contributed by atoms with Crippen LogP contribution in [0.25, 0.3) is 49.4 Å². The van der Waals surface area contributed by atoms with Crippen LogP contribution in [0.5, 0.6) is 17.2 Å². The summed E-state index contributed by atoms with van der Waals surface area (Å²) in [5, 5.41) is 15.8. The van der Waals surface area contributed by atoms with Gasteiger partial charge in [0.2, 0.25) is 11.6 Å². The summed E-state index contributed by atoms with van der Waals surface area (Å²) in [5.41, 5.74) is 2.84. The van der Waals surface area contributed by atoms with Crippen molar-refractivity contribution in [1.82, 2.24) is 4.57 Å². The van der Waals surface area contributed by atoms with Crippen molar-refractivity contribution < 1.29 is 24.2 Å². The lowest BCUT2D eigenvalue weighted by atomic mass is 9.94. The predicted octanol–water partition coefficient (Wildman–Crippen LogP) is 8.39. The van der Waals surface area contributed by atoms with E-state index in [0.29, 0.717) is 22.3 Å². The van der Waals surface area contributed by atoms with Crippen molar-refractivity contribution >= 4 is 44.0 Å². The Kier molecular flexibility index (Phi) is 6.59. The number of fused-ring (bicyclic) bond motifs is 3. The van der Waals surface area contributed by atoms with E-state index in [0.717, 1.165) is 27.4 Å². The zero-order valence-corrected chi connectivity index (χ0v) is 24.1. The molecule has 0 fully saturated rings. The molecule has 6 heteroatoms. The Morgan fingerprint density at radius 3 is 1.98 bits per heavy atom. The van der Waals surface area contributed by atoms with Crippen LogP contribution in [0.3, 0.4) is 0 Å². The standard InChI is InChI=1S/C38H27NO5/c1-43-26-19-17-25(18-20-26)39-31-21-22-32(44-2)34(38(42)36(40)30-16-8-12-24-10-4-6-14-28(24)30)33(31)37(41)35(39)29-15-7-11-23-9-3-5-13-27(23)29/h3-22,41H,1-2H3. The van der Waals surface area contributed by atoms with Crippen LogP contribution in [-0.4, -0.2) is 35.5 Å². The molecule has 44 heavy (non-hydrogen) atoms. The van der Waals surface area contributed by atoms with E-state index in [9.17, 15) is 14.7 Å². The van der Waals surface area contributed by atoms with Crippen LogP contribution < -0.4 is 9.47 Å². The van der Waals surface area contributed by atoms with Crippen LogP contribution in [0.15, 0.2) is 121 Å². The lowest BCUT2D eigenvalue weighted by Crippen LogP contribution is -2.16. The Morgan fingerprint density at radius 2 is 1.27 bits per heavy atom. The van der Waals surface area contributed by atoms with Gasteiger partial charge in [0.05, 0.1) is 36.4 Å². The quantitative estimate of drug-likeness (QED) is 0.152. The number of ether oxygens (including phenoxy) is 2. The third-order valence-electron chi connectivity index (χ3n) is 8.13. The second-order valence-corrected chi connectivity index (χ2v) is 10.5. The number of hydrogen-bond acceptors (Lipinski definition) is 5. The zero-order chi connectivity index (χ0) is 30.4. The van der Waals surface area contributed by atoms with Crippen LogP contribution >= 0.6 is 0 Å². The number of hydrogen-bond donors (Lipinski definition) is 1. The van der Waals surface area contributed by atoms with Crippen molar-refractivity contribution in [3.8, 4) is 34.2 Å². The van der Waals surface area contributed by atoms with E-state index in [1.165, 1.54) is 7.11 Å². The van der Waals surface area contributed by atoms with Gasteiger partial charge in [-0.3, -0.25) is 9.59 Å². The molecule has 0 saturated carbocycles. The first kappa shape index (κ1) is 27.0. The number of aromatic hydroxyl groups is 1. The fraction of sp³-hybridized carbons (Fsp3) is 0.0526. The van der Waals surface area contributed by atoms with Gasteiger partial charge in [0, 0.05) is 16.8 Å². The van der Waals surface area contributed by atoms with Gasteiger partial charge in [-0.05, 0) is 57.9 Å². The van der Waals surface area contributed by atoms with E-state index < -0.39 is 11.6 Å². The number of benzene rings is 6. The Labute approximate surface area is 253 Å². The van der Waals surface area contributed by atoms with Gasteiger partial charge in [-0.2, -0.15) is 0 Å². The molecule has 6 aromatic carbocycles. The molecule has 0 bridgehead atoms. The lowest BCUT2D eigenvalue weighted by Gasteiger charge is -2.14. The molecule has 0 saturated heterocycles. The Hall–Kier alpha value is -5.88. The summed E-state index contributed by atoms with van der Waals surface area (Å²) in [6, 6.07) is 37.5. The molecule has 0 amide bonds. The second-order valence-electron chi connectivity index (χ2n) is 10.5. The molecule has 7 rings (SSSR count). The first-order valence-corrected chi connectivity index (χ1v) is 14.2. The summed E-state index contributed by atoms with van der Waals surface area (Å²) in [5.74, 6) is -0.700. The molecule has 214 valence electrons. The third kappa shape index (κ3) is 4.19. The smallest absolute Gasteiger partial charge is 0.238 e. The number of ketones is 2. The summed E-state index contributed by atoms with van der Waals surface area (Å²) in [4.78, 5) is 28.2. The maximum atomic E-state index is 14.3. The molecule has 7 aromatic rings. The zero-order valence-electron chi connectivity index (χ0n) is 24.1. The van der Waals surface area contributed by atoms with Crippen molar-refractivity contribution in [2.45, 2.75) is 0 Å². The highest BCUT2D eigenvalue weighted by Gasteiger charge is 2.31. The van der Waals surface area contributed by atoms with Crippen molar-refractivity contribution in [3.63, 3.8) is 0 Å². The molecule has 1 aromatic heterocycles. The monoisotopic (exact) mass is 577 g/mol. The van der Waals surface area contributed by atoms with Crippen molar-refractivity contribution in [2.75, 3.05) is 14.2 Å². The highest BCUT2D eigenvalue weighted by molar-refractivity contribution is 6.53. The number of nitrogens with zero attached hydrogens (tertiary/aromatic N) is 1. The van der Waals surface area contributed by atoms with Gasteiger partial charge in [0.15, 0.2) is 0 Å². The average molecular weight is 578 g/mol. The Balaban J connectivity index is 1.54. The number of carbonyl (C=O) groups is 2. The summed E-state index contributed by atoms with van der Waals surface area (Å²) in [6.07, 6.45) is 0. The van der Waals surface area contributed by atoms with E-state index in [-0.39, 0.29) is 28.0 Å². The first-order valence-electron chi connectivity index (χ1n) is 14.2. The van der Waals surface area contributed by atoms with Crippen LogP contribution in [0.2, 0.25) is 0 Å². The molecule has 6 nitrogen and oxygen atoms in total. The normalized spacial score (nSPS) is 11.2. The predicted molar refractivity (Wildman–Crippen MR) is 174 cm³/mol. The molecular formula is C38H27NO5. The van der Waals surface area contributed by atoms with E-state index in [1.54, 1.807) is 31.4 Å². The van der Waals surface area contributed by atoms with Gasteiger partial charge in [0.1, 0.15) is 17.2 Å². The SMILES string of the molecule is COc1ccc(-n2c(-c3cccc4ccccc34)c(O)c3c(C(=O)C(=O)c4cccc5ccccc45)c(OC)ccc32)cc1. The maximum absolute atomic E-state index is 14.3. The molecule has 1 N–H and O–H groups in total. The van der Waals surface area contributed by atoms with Gasteiger partial charge < -0.3 is 19.1 Å². The molecule has 0 aliphatic rings. The van der Waals surface area contributed by atoms with Crippen molar-refractivity contribution in [1.29, 1.82) is 0 Å². The van der Waals surface area contributed by atoms with E-state index >= 15 is 0 Å². The van der Waals surface area contributed by atoms with E-state index in [1.807, 2.05) is 102 Å². The van der Waals surface area contributed by atoms with Gasteiger partial charge in [-0.25, -0.2) is 0 Å². The molecule has 0 spiro atoms. The third-order valence-corrected chi connectivity index (χ3v) is 8.13. The Morgan fingerprint density at radius 1 is 0.636 bits per heavy atom. The summed E-state index contributed by atoms with van der Waals surface area (Å²) < 4.78 is 13.0. The average Bonchev–Trinajstić information content (AvgIpc) is 3.38. The molecule has 0 aliphatic carbocycles. The second kappa shape index (κ2) is 10.7. The molecule has 0 aliphatic heterocycles. The minimum absolute atomic E-state index is 0.00850. The molecule has 0 unspecified atom stereocenters. The Bertz CT molecular complexity index is 2230. The van der Waals surface area contributed by atoms with Crippen molar-refractivity contribution in [3.05, 3.63) is 132 Å². The van der Waals surface area contributed by atoms with Crippen LogP contribution in [0.4, 0.5) is 0 Å². The molecular weight excluding hydrogens is 550 g/mol. The lowest BCUT2D eigenvalue weighted by molar-refractivity contribution is 0.0817. The highest BCUT2D eigenvalue weighted by atomic mass is 16.5. The number of Topliss-reactive ketones (excluding diaryl/α,β-unsaturated/α-hetero) is 2. The van der Waals surface area contributed by atoms with Crippen LogP contribution in [0.1, 0.15) is 20.7 Å². The first-order chi connectivity index (χ1) is 21.5. The van der Waals surface area contributed by atoms with Crippen molar-refractivity contribution in [2.24, 2.45) is 0 Å².